The molecule has 0 aliphatic rings. The summed E-state index contributed by atoms with van der Waals surface area (Å²) in [5, 5.41) is 0.562. The molecule has 0 aromatic rings. The fourth-order valence-electron chi connectivity index (χ4n) is 6.29. The van der Waals surface area contributed by atoms with E-state index < -0.39 is 0 Å². The summed E-state index contributed by atoms with van der Waals surface area (Å²) in [6.45, 7) is 29.7. The second-order valence-corrected chi connectivity index (χ2v) is 14.7. The largest absolute Gasteiger partial charge is 0.373 e. The van der Waals surface area contributed by atoms with Gasteiger partial charge in [-0.3, -0.25) is 0 Å². The summed E-state index contributed by atoms with van der Waals surface area (Å²) in [5.74, 6) is 1.29. The van der Waals surface area contributed by atoms with Crippen LogP contribution in [0.1, 0.15) is 116 Å². The first-order chi connectivity index (χ1) is 13.0. The summed E-state index contributed by atoms with van der Waals surface area (Å²) < 4.78 is 13.1. The first kappa shape index (κ1) is 30.1. The summed E-state index contributed by atoms with van der Waals surface area (Å²) in [6.07, 6.45) is 4.64. The molecule has 0 aliphatic carbocycles. The summed E-state index contributed by atoms with van der Waals surface area (Å²) in [4.78, 5) is 0. The van der Waals surface area contributed by atoms with Gasteiger partial charge in [0, 0.05) is 0 Å². The van der Waals surface area contributed by atoms with Crippen molar-refractivity contribution in [2.75, 3.05) is 0 Å². The maximum atomic E-state index is 6.62. The highest BCUT2D eigenvalue weighted by Gasteiger charge is 2.34. The van der Waals surface area contributed by atoms with Crippen molar-refractivity contribution < 1.29 is 9.47 Å². The molecule has 0 rings (SSSR count). The zero-order chi connectivity index (χ0) is 24.2. The van der Waals surface area contributed by atoms with Crippen molar-refractivity contribution in [3.05, 3.63) is 0 Å². The summed E-state index contributed by atoms with van der Waals surface area (Å²) in [7, 11) is 5.81. The van der Waals surface area contributed by atoms with Crippen LogP contribution >= 0.6 is 0 Å². The van der Waals surface area contributed by atoms with Crippen molar-refractivity contribution >= 4 is 23.0 Å². The van der Waals surface area contributed by atoms with Crippen LogP contribution in [0.5, 0.6) is 0 Å². The monoisotopic (exact) mass is 420 g/mol. The van der Waals surface area contributed by atoms with Gasteiger partial charge in [-0.2, -0.15) is 0 Å². The zero-order valence-electron chi connectivity index (χ0n) is 23.6. The average Bonchev–Trinajstić information content (AvgIpc) is 2.26. The van der Waals surface area contributed by atoms with E-state index in [0.717, 1.165) is 25.7 Å². The maximum Gasteiger partial charge on any atom is 0.127 e. The fourth-order valence-corrected chi connectivity index (χ4v) is 6.29. The molecule has 0 aromatic carbocycles. The normalized spacial score (nSPS) is 17.5. The molecule has 0 bridgehead atoms. The van der Waals surface area contributed by atoms with E-state index in [1.54, 1.807) is 0 Å². The van der Waals surface area contributed by atoms with E-state index in [1.165, 1.54) is 7.28 Å². The second-order valence-electron chi connectivity index (χ2n) is 14.7. The molecule has 0 saturated heterocycles. The van der Waals surface area contributed by atoms with Gasteiger partial charge in [-0.25, -0.2) is 0 Å². The lowest BCUT2D eigenvalue weighted by atomic mass is 9.53. The van der Waals surface area contributed by atoms with E-state index in [9.17, 15) is 0 Å². The number of hydrogen-bond donors (Lipinski definition) is 0. The van der Waals surface area contributed by atoms with Gasteiger partial charge in [0.25, 0.3) is 0 Å². The Balaban J connectivity index is 4.63. The van der Waals surface area contributed by atoms with E-state index in [-0.39, 0.29) is 27.4 Å². The van der Waals surface area contributed by atoms with Crippen molar-refractivity contribution in [3.8, 4) is 0 Å². The predicted octanol–water partition coefficient (Wildman–Crippen LogP) is 6.02. The lowest BCUT2D eigenvalue weighted by molar-refractivity contribution is -0.132. The van der Waals surface area contributed by atoms with Crippen LogP contribution in [-0.2, 0) is 9.47 Å². The van der Waals surface area contributed by atoms with Gasteiger partial charge in [0.05, 0.1) is 22.9 Å². The molecule has 0 amide bonds. The second kappa shape index (κ2) is 10.8. The summed E-state index contributed by atoms with van der Waals surface area (Å²) in [6, 6.07) is 0. The van der Waals surface area contributed by atoms with E-state index in [4.69, 9.17) is 9.47 Å². The van der Waals surface area contributed by atoms with E-state index in [1.807, 2.05) is 0 Å². The van der Waals surface area contributed by atoms with Crippen LogP contribution in [0.25, 0.3) is 0 Å². The van der Waals surface area contributed by atoms with Gasteiger partial charge < -0.3 is 9.47 Å². The van der Waals surface area contributed by atoms with Gasteiger partial charge in [0.2, 0.25) is 0 Å². The quantitative estimate of drug-likeness (QED) is 0.320. The SMILES string of the molecule is BC(C)(C)CC(C)(C)OC(C)CC(C)BC(C)CC(C)(C)OC(C)(C)CC(B)(C)C. The Labute approximate surface area is 193 Å². The van der Waals surface area contributed by atoms with Gasteiger partial charge in [-0.15, -0.1) is 0 Å². The van der Waals surface area contributed by atoms with Crippen LogP contribution < -0.4 is 0 Å². The topological polar surface area (TPSA) is 18.5 Å². The standard InChI is InChI=1S/C25H55B3O2/c1-18(14-20(3)29-24(10,11)16-21(4,5)26)28-19(2)15-23(8,9)30-25(12,13)17-22(6,7)27/h18-20,28H,14-17,26-27H2,1-13H3. The predicted molar refractivity (Wildman–Crippen MR) is 144 cm³/mol. The Morgan fingerprint density at radius 3 is 1.53 bits per heavy atom. The molecule has 0 radical (unpaired) electrons. The molecule has 5 heteroatoms. The van der Waals surface area contributed by atoms with Crippen LogP contribution in [-0.4, -0.2) is 45.9 Å². The van der Waals surface area contributed by atoms with E-state index in [0.29, 0.717) is 17.7 Å². The molecule has 0 aliphatic heterocycles. The van der Waals surface area contributed by atoms with Gasteiger partial charge >= 0.3 is 0 Å². The van der Waals surface area contributed by atoms with E-state index in [2.05, 4.69) is 106 Å². The number of rotatable bonds is 14. The third kappa shape index (κ3) is 15.8. The molecule has 0 aromatic heterocycles. The summed E-state index contributed by atoms with van der Waals surface area (Å²) >= 11 is 0. The molecule has 3 atom stereocenters. The van der Waals surface area contributed by atoms with Gasteiger partial charge in [0.1, 0.15) is 23.0 Å². The molecule has 0 saturated carbocycles. The Bertz CT molecular complexity index is 502. The highest BCUT2D eigenvalue weighted by molar-refractivity contribution is 6.39. The fraction of sp³-hybridized carbons (Fsp3) is 1.00. The molecular weight excluding hydrogens is 365 g/mol. The highest BCUT2D eigenvalue weighted by Crippen LogP contribution is 2.38. The van der Waals surface area contributed by atoms with E-state index >= 15 is 0 Å². The first-order valence-electron chi connectivity index (χ1n) is 12.4. The Kier molecular flexibility index (Phi) is 10.9. The van der Waals surface area contributed by atoms with Crippen molar-refractivity contribution in [1.29, 1.82) is 0 Å². The molecule has 176 valence electrons. The number of ether oxygens (including phenoxy) is 2. The molecule has 30 heavy (non-hydrogen) atoms. The Morgan fingerprint density at radius 1 is 0.667 bits per heavy atom. The molecule has 0 fully saturated rings. The molecular formula is C25H55B3O2. The minimum absolute atomic E-state index is 0.0720. The molecule has 0 heterocycles. The first-order valence-corrected chi connectivity index (χ1v) is 12.4. The zero-order valence-corrected chi connectivity index (χ0v) is 23.6. The minimum atomic E-state index is -0.106. The van der Waals surface area contributed by atoms with Crippen LogP contribution in [0.3, 0.4) is 0 Å². The summed E-state index contributed by atoms with van der Waals surface area (Å²) in [5.41, 5.74) is -0.281. The average molecular weight is 420 g/mol. The number of hydrogen-bond acceptors (Lipinski definition) is 2. The molecule has 2 nitrogen and oxygen atoms in total. The van der Waals surface area contributed by atoms with Crippen LogP contribution in [0, 0.1) is 0 Å². The highest BCUT2D eigenvalue weighted by atomic mass is 16.5. The van der Waals surface area contributed by atoms with Gasteiger partial charge in [0.15, 0.2) is 0 Å². The van der Waals surface area contributed by atoms with Crippen molar-refractivity contribution in [2.45, 2.75) is 161 Å². The van der Waals surface area contributed by atoms with Crippen LogP contribution in [0.15, 0.2) is 0 Å². The van der Waals surface area contributed by atoms with Crippen molar-refractivity contribution in [2.24, 2.45) is 0 Å². The van der Waals surface area contributed by atoms with Crippen molar-refractivity contribution in [3.63, 3.8) is 0 Å². The lowest BCUT2D eigenvalue weighted by Crippen LogP contribution is -2.40. The maximum absolute atomic E-state index is 6.62. The third-order valence-electron chi connectivity index (χ3n) is 5.36. The molecule has 3 unspecified atom stereocenters. The smallest absolute Gasteiger partial charge is 0.127 e. The Morgan fingerprint density at radius 2 is 1.10 bits per heavy atom. The van der Waals surface area contributed by atoms with Gasteiger partial charge in [-0.05, 0) is 74.1 Å². The Hall–Kier alpha value is 0.115. The molecule has 0 spiro atoms. The lowest BCUT2D eigenvalue weighted by Gasteiger charge is -2.41. The van der Waals surface area contributed by atoms with Gasteiger partial charge in [-0.1, -0.05) is 63.8 Å². The molecule has 0 N–H and O–H groups in total. The van der Waals surface area contributed by atoms with Crippen molar-refractivity contribution in [1.82, 2.24) is 0 Å². The minimum Gasteiger partial charge on any atom is -0.373 e. The van der Waals surface area contributed by atoms with Crippen LogP contribution in [0.2, 0.25) is 22.3 Å². The third-order valence-corrected chi connectivity index (χ3v) is 5.36. The van der Waals surface area contributed by atoms with Crippen LogP contribution in [0.4, 0.5) is 0 Å².